The molecule has 0 unspecified atom stereocenters. The Balaban J connectivity index is 0.000000426. The number of carboxylic acid groups (broad SMARTS) is 2. The Labute approximate surface area is 240 Å². The molecule has 5 rings (SSSR count). The van der Waals surface area contributed by atoms with Gasteiger partial charge in [0.2, 0.25) is 0 Å². The number of benzene rings is 3. The number of furan rings is 1. The number of piperazine rings is 1. The van der Waals surface area contributed by atoms with Crippen molar-refractivity contribution in [1.82, 2.24) is 9.80 Å². The minimum absolute atomic E-state index is 0.318. The Morgan fingerprint density at radius 2 is 1.41 bits per heavy atom. The lowest BCUT2D eigenvalue weighted by Gasteiger charge is -2.39. The first-order valence-corrected chi connectivity index (χ1v) is 13.7. The summed E-state index contributed by atoms with van der Waals surface area (Å²) in [4.78, 5) is 24.3. The Kier molecular flexibility index (Phi) is 11.3. The number of fused-ring (bicyclic) bond motifs is 1. The first-order chi connectivity index (χ1) is 20.0. The standard InChI is InChI=1S/C29H32N2O2.C4H4O4/c1-3-7-25(8-4-1)29(26-9-5-2-6-10-26)31-17-15-30(16-18-31)19-22-32-20-13-24-11-12-28-27(23-24)14-21-33-28;5-3(6)1-2-4(7)8/h1-12,14,21,23,29H,13,15-20,22H2;1-2H,(H,5,6)(H,7,8)/b;2-1+. The van der Waals surface area contributed by atoms with Gasteiger partial charge in [-0.05, 0) is 41.3 Å². The van der Waals surface area contributed by atoms with Crippen molar-refractivity contribution < 1.29 is 29.0 Å². The van der Waals surface area contributed by atoms with E-state index in [1.165, 1.54) is 16.7 Å². The van der Waals surface area contributed by atoms with E-state index in [4.69, 9.17) is 19.4 Å². The summed E-state index contributed by atoms with van der Waals surface area (Å²) in [6.07, 6.45) is 3.79. The van der Waals surface area contributed by atoms with Gasteiger partial charge in [0.1, 0.15) is 5.58 Å². The summed E-state index contributed by atoms with van der Waals surface area (Å²) in [6.45, 7) is 6.84. The van der Waals surface area contributed by atoms with E-state index in [9.17, 15) is 9.59 Å². The average molecular weight is 557 g/mol. The largest absolute Gasteiger partial charge is 0.478 e. The van der Waals surface area contributed by atoms with Gasteiger partial charge in [0.25, 0.3) is 0 Å². The first kappa shape index (κ1) is 29.7. The highest BCUT2D eigenvalue weighted by Gasteiger charge is 2.26. The molecular formula is C33H36N2O6. The summed E-state index contributed by atoms with van der Waals surface area (Å²) < 4.78 is 11.4. The molecule has 0 amide bonds. The van der Waals surface area contributed by atoms with Crippen LogP contribution in [-0.4, -0.2) is 77.9 Å². The van der Waals surface area contributed by atoms with Crippen LogP contribution in [0, 0.1) is 0 Å². The molecule has 0 radical (unpaired) electrons. The van der Waals surface area contributed by atoms with Gasteiger partial charge in [-0.25, -0.2) is 9.59 Å². The number of hydrogen-bond acceptors (Lipinski definition) is 6. The zero-order valence-electron chi connectivity index (χ0n) is 23.0. The predicted molar refractivity (Wildman–Crippen MR) is 158 cm³/mol. The zero-order valence-corrected chi connectivity index (χ0v) is 23.0. The highest BCUT2D eigenvalue weighted by atomic mass is 16.5. The molecule has 4 aromatic rings. The average Bonchev–Trinajstić information content (AvgIpc) is 3.46. The topological polar surface area (TPSA) is 103 Å². The van der Waals surface area contributed by atoms with E-state index < -0.39 is 11.9 Å². The van der Waals surface area contributed by atoms with Gasteiger partial charge in [0.05, 0.1) is 25.5 Å². The maximum atomic E-state index is 9.55. The molecule has 0 aliphatic carbocycles. The number of hydrogen-bond donors (Lipinski definition) is 2. The van der Waals surface area contributed by atoms with Crippen LogP contribution < -0.4 is 0 Å². The molecule has 214 valence electrons. The van der Waals surface area contributed by atoms with Crippen molar-refractivity contribution in [2.75, 3.05) is 45.9 Å². The van der Waals surface area contributed by atoms with Crippen molar-refractivity contribution >= 4 is 22.9 Å². The monoisotopic (exact) mass is 556 g/mol. The van der Waals surface area contributed by atoms with Crippen molar-refractivity contribution in [3.05, 3.63) is 120 Å². The maximum absolute atomic E-state index is 9.55. The van der Waals surface area contributed by atoms with Gasteiger partial charge >= 0.3 is 11.9 Å². The van der Waals surface area contributed by atoms with Gasteiger partial charge in [-0.1, -0.05) is 66.7 Å². The number of nitrogens with zero attached hydrogens (tertiary/aromatic N) is 2. The fourth-order valence-corrected chi connectivity index (χ4v) is 4.93. The molecule has 2 N–H and O–H groups in total. The summed E-state index contributed by atoms with van der Waals surface area (Å²) in [6, 6.07) is 30.5. The Bertz CT molecular complexity index is 1340. The van der Waals surface area contributed by atoms with Crippen LogP contribution in [0.3, 0.4) is 0 Å². The van der Waals surface area contributed by atoms with Crippen LogP contribution in [0.5, 0.6) is 0 Å². The quantitative estimate of drug-likeness (QED) is 0.194. The van der Waals surface area contributed by atoms with Gasteiger partial charge in [-0.2, -0.15) is 0 Å². The first-order valence-electron chi connectivity index (χ1n) is 13.7. The third-order valence-electron chi connectivity index (χ3n) is 6.97. The van der Waals surface area contributed by atoms with E-state index in [1.54, 1.807) is 6.26 Å². The molecule has 3 aromatic carbocycles. The van der Waals surface area contributed by atoms with Gasteiger partial charge in [0, 0.05) is 50.3 Å². The second-order valence-electron chi connectivity index (χ2n) is 9.77. The molecule has 8 nitrogen and oxygen atoms in total. The number of ether oxygens (including phenoxy) is 1. The molecule has 0 bridgehead atoms. The molecule has 1 aliphatic rings. The van der Waals surface area contributed by atoms with E-state index in [2.05, 4.69) is 82.6 Å². The molecule has 0 atom stereocenters. The fraction of sp³-hybridized carbons (Fsp3) is 0.273. The fourth-order valence-electron chi connectivity index (χ4n) is 4.93. The summed E-state index contributed by atoms with van der Waals surface area (Å²) in [5, 5.41) is 16.8. The molecule has 1 aromatic heterocycles. The highest BCUT2D eigenvalue weighted by molar-refractivity contribution is 5.89. The highest BCUT2D eigenvalue weighted by Crippen LogP contribution is 2.29. The number of carbonyl (C=O) groups is 2. The van der Waals surface area contributed by atoms with Gasteiger partial charge in [-0.3, -0.25) is 9.80 Å². The number of carboxylic acids is 2. The lowest BCUT2D eigenvalue weighted by molar-refractivity contribution is -0.134. The van der Waals surface area contributed by atoms with Crippen LogP contribution in [0.15, 0.2) is 108 Å². The van der Waals surface area contributed by atoms with Crippen LogP contribution >= 0.6 is 0 Å². The summed E-state index contributed by atoms with van der Waals surface area (Å²) in [7, 11) is 0. The molecule has 41 heavy (non-hydrogen) atoms. The SMILES string of the molecule is O=C(O)/C=C/C(=O)O.c1ccc(C(c2ccccc2)N2CCN(CCOCCc3ccc4occc4c3)CC2)cc1. The third-order valence-corrected chi connectivity index (χ3v) is 6.97. The maximum Gasteiger partial charge on any atom is 0.328 e. The molecule has 1 saturated heterocycles. The van der Waals surface area contributed by atoms with E-state index in [-0.39, 0.29) is 0 Å². The Hall–Kier alpha value is -4.24. The molecule has 2 heterocycles. The smallest absolute Gasteiger partial charge is 0.328 e. The molecule has 0 saturated carbocycles. The van der Waals surface area contributed by atoms with Crippen LogP contribution in [0.1, 0.15) is 22.7 Å². The molecular weight excluding hydrogens is 520 g/mol. The van der Waals surface area contributed by atoms with E-state index >= 15 is 0 Å². The van der Waals surface area contributed by atoms with Gasteiger partial charge in [-0.15, -0.1) is 0 Å². The summed E-state index contributed by atoms with van der Waals surface area (Å²) in [5.74, 6) is -2.51. The zero-order chi connectivity index (χ0) is 28.9. The Morgan fingerprint density at radius 3 is 2.00 bits per heavy atom. The van der Waals surface area contributed by atoms with Crippen molar-refractivity contribution in [2.45, 2.75) is 12.5 Å². The van der Waals surface area contributed by atoms with E-state index in [1.807, 2.05) is 12.1 Å². The molecule has 8 heteroatoms. The van der Waals surface area contributed by atoms with E-state index in [0.717, 1.165) is 63.3 Å². The predicted octanol–water partition coefficient (Wildman–Crippen LogP) is 5.11. The number of rotatable bonds is 11. The van der Waals surface area contributed by atoms with Gasteiger partial charge in [0.15, 0.2) is 0 Å². The Morgan fingerprint density at radius 1 is 0.805 bits per heavy atom. The van der Waals surface area contributed by atoms with Crippen LogP contribution in [0.2, 0.25) is 0 Å². The molecule has 1 fully saturated rings. The molecule has 0 spiro atoms. The lowest BCUT2D eigenvalue weighted by atomic mass is 9.96. The van der Waals surface area contributed by atoms with Crippen molar-refractivity contribution in [3.63, 3.8) is 0 Å². The molecule has 1 aliphatic heterocycles. The van der Waals surface area contributed by atoms with Crippen LogP contribution in [0.4, 0.5) is 0 Å². The van der Waals surface area contributed by atoms with Crippen molar-refractivity contribution in [1.29, 1.82) is 0 Å². The van der Waals surface area contributed by atoms with Crippen LogP contribution in [0.25, 0.3) is 11.0 Å². The summed E-state index contributed by atoms with van der Waals surface area (Å²) in [5.41, 5.74) is 4.98. The van der Waals surface area contributed by atoms with Crippen molar-refractivity contribution in [3.8, 4) is 0 Å². The van der Waals surface area contributed by atoms with E-state index in [0.29, 0.717) is 18.2 Å². The minimum atomic E-state index is -1.26. The van der Waals surface area contributed by atoms with Crippen molar-refractivity contribution in [2.24, 2.45) is 0 Å². The number of aliphatic carboxylic acids is 2. The second-order valence-corrected chi connectivity index (χ2v) is 9.77. The second kappa shape index (κ2) is 15.5. The van der Waals surface area contributed by atoms with Gasteiger partial charge < -0.3 is 19.4 Å². The third kappa shape index (κ3) is 9.42. The minimum Gasteiger partial charge on any atom is -0.478 e. The lowest BCUT2D eigenvalue weighted by Crippen LogP contribution is -2.48. The summed E-state index contributed by atoms with van der Waals surface area (Å²) >= 11 is 0. The normalized spacial score (nSPS) is 14.3. The van der Waals surface area contributed by atoms with Crippen LogP contribution in [-0.2, 0) is 20.7 Å².